The molecule has 1 N–H and O–H groups in total. The van der Waals surface area contributed by atoms with Crippen LogP contribution in [0.1, 0.15) is 34.6 Å². The molecule has 8 nitrogen and oxygen atoms in total. The van der Waals surface area contributed by atoms with Crippen LogP contribution < -0.4 is 5.32 Å². The second-order valence-corrected chi connectivity index (χ2v) is 9.72. The monoisotopic (exact) mass is 405 g/mol. The van der Waals surface area contributed by atoms with E-state index in [9.17, 15) is 13.2 Å². The zero-order chi connectivity index (χ0) is 20.3. The van der Waals surface area contributed by atoms with Gasteiger partial charge in [-0.05, 0) is 44.9 Å². The molecule has 3 heterocycles. The number of hydrogen-bond donors (Lipinski definition) is 1. The fraction of sp³-hybridized carbons (Fsp3) is 0.526. The third kappa shape index (κ3) is 5.39. The van der Waals surface area contributed by atoms with Crippen molar-refractivity contribution in [1.82, 2.24) is 25.0 Å². The number of piperidine rings is 1. The Kier molecular flexibility index (Phi) is 6.14. The van der Waals surface area contributed by atoms with Crippen molar-refractivity contribution in [2.45, 2.75) is 32.7 Å². The van der Waals surface area contributed by atoms with Crippen LogP contribution in [0.4, 0.5) is 0 Å². The van der Waals surface area contributed by atoms with Gasteiger partial charge < -0.3 is 10.2 Å². The zero-order valence-corrected chi connectivity index (χ0v) is 17.4. The summed E-state index contributed by atoms with van der Waals surface area (Å²) in [6.07, 6.45) is 4.45. The van der Waals surface area contributed by atoms with Crippen LogP contribution in [0.2, 0.25) is 0 Å². The Bertz CT molecular complexity index is 929. The number of amides is 1. The highest BCUT2D eigenvalue weighted by Gasteiger charge is 2.22. The molecule has 1 saturated heterocycles. The Morgan fingerprint density at radius 2 is 1.96 bits per heavy atom. The highest BCUT2D eigenvalue weighted by atomic mass is 32.2. The summed E-state index contributed by atoms with van der Waals surface area (Å²) in [6, 6.07) is 5.62. The maximum atomic E-state index is 12.5. The molecule has 0 unspecified atom stereocenters. The van der Waals surface area contributed by atoms with Gasteiger partial charge in [-0.15, -0.1) is 0 Å². The molecule has 0 aliphatic carbocycles. The van der Waals surface area contributed by atoms with Crippen LogP contribution in [0.3, 0.4) is 0 Å². The number of carbonyl (C=O) groups is 1. The summed E-state index contributed by atoms with van der Waals surface area (Å²) in [4.78, 5) is 19.0. The fourth-order valence-corrected chi connectivity index (χ4v) is 3.96. The molecule has 0 spiro atoms. The number of carbonyl (C=O) groups excluding carboxylic acids is 1. The highest BCUT2D eigenvalue weighted by molar-refractivity contribution is 7.90. The van der Waals surface area contributed by atoms with Gasteiger partial charge in [0.05, 0.1) is 17.0 Å². The van der Waals surface area contributed by atoms with Crippen LogP contribution in [0.5, 0.6) is 0 Å². The van der Waals surface area contributed by atoms with Crippen LogP contribution in [0.15, 0.2) is 24.4 Å². The summed E-state index contributed by atoms with van der Waals surface area (Å²) < 4.78 is 24.3. The van der Waals surface area contributed by atoms with Crippen molar-refractivity contribution in [2.75, 3.05) is 31.6 Å². The van der Waals surface area contributed by atoms with Gasteiger partial charge in [-0.3, -0.25) is 4.79 Å². The summed E-state index contributed by atoms with van der Waals surface area (Å²) in [5.74, 6) is 0.723. The van der Waals surface area contributed by atoms with Gasteiger partial charge >= 0.3 is 0 Å². The largest absolute Gasteiger partial charge is 0.349 e. The molecule has 1 aliphatic rings. The lowest BCUT2D eigenvalue weighted by atomic mass is 10.0. The van der Waals surface area contributed by atoms with E-state index in [4.69, 9.17) is 0 Å². The third-order valence-electron chi connectivity index (χ3n) is 4.94. The number of rotatable bonds is 6. The second kappa shape index (κ2) is 8.40. The molecule has 2 aromatic heterocycles. The highest BCUT2D eigenvalue weighted by Crippen LogP contribution is 2.13. The summed E-state index contributed by atoms with van der Waals surface area (Å²) in [7, 11) is -2.94. The predicted molar refractivity (Wildman–Crippen MR) is 107 cm³/mol. The number of likely N-dealkylation sites (tertiary alicyclic amines) is 1. The summed E-state index contributed by atoms with van der Waals surface area (Å²) in [5.41, 5.74) is 2.43. The Labute approximate surface area is 165 Å². The Hall–Kier alpha value is -2.26. The maximum absolute atomic E-state index is 12.5. The van der Waals surface area contributed by atoms with E-state index in [1.54, 1.807) is 23.0 Å². The smallest absolute Gasteiger partial charge is 0.253 e. The van der Waals surface area contributed by atoms with Gasteiger partial charge in [0.15, 0.2) is 5.82 Å². The van der Waals surface area contributed by atoms with Crippen LogP contribution in [-0.2, 0) is 9.84 Å². The number of sulfone groups is 1. The molecule has 9 heteroatoms. The first-order valence-electron chi connectivity index (χ1n) is 9.42. The first-order valence-corrected chi connectivity index (χ1v) is 11.5. The van der Waals surface area contributed by atoms with E-state index >= 15 is 0 Å². The molecule has 1 aliphatic heterocycles. The fourth-order valence-electron chi connectivity index (χ4n) is 3.37. The van der Waals surface area contributed by atoms with E-state index in [2.05, 4.69) is 20.3 Å². The van der Waals surface area contributed by atoms with Crippen molar-refractivity contribution >= 4 is 15.7 Å². The number of nitrogens with zero attached hydrogens (tertiary/aromatic N) is 4. The van der Waals surface area contributed by atoms with Crippen molar-refractivity contribution in [3.05, 3.63) is 41.3 Å². The predicted octanol–water partition coefficient (Wildman–Crippen LogP) is 1.12. The number of hydrogen-bond acceptors (Lipinski definition) is 6. The lowest BCUT2D eigenvalue weighted by molar-refractivity contribution is 0.0912. The molecule has 0 bridgehead atoms. The van der Waals surface area contributed by atoms with E-state index in [1.807, 2.05) is 19.9 Å². The molecule has 0 saturated carbocycles. The van der Waals surface area contributed by atoms with E-state index in [0.29, 0.717) is 17.9 Å². The van der Waals surface area contributed by atoms with Gasteiger partial charge in [0.2, 0.25) is 0 Å². The Morgan fingerprint density at radius 1 is 1.25 bits per heavy atom. The molecule has 1 fully saturated rings. The standard InChI is InChI=1S/C19H27N5O3S/c1-14-12-15(2)24(22-14)18-5-4-16(13-20-18)19(25)21-17-6-8-23(9-7-17)10-11-28(3,26)27/h4-5,12-13,17H,6-11H2,1-3H3,(H,21,25). The summed E-state index contributed by atoms with van der Waals surface area (Å²) in [6.45, 7) is 6.02. The minimum atomic E-state index is -2.94. The van der Waals surface area contributed by atoms with E-state index in [1.165, 1.54) is 6.26 Å². The van der Waals surface area contributed by atoms with Crippen LogP contribution >= 0.6 is 0 Å². The molecule has 152 valence electrons. The summed E-state index contributed by atoms with van der Waals surface area (Å²) >= 11 is 0. The molecule has 0 radical (unpaired) electrons. The van der Waals surface area contributed by atoms with E-state index in [-0.39, 0.29) is 17.7 Å². The quantitative estimate of drug-likeness (QED) is 0.774. The molecule has 28 heavy (non-hydrogen) atoms. The zero-order valence-electron chi connectivity index (χ0n) is 16.6. The molecule has 3 rings (SSSR count). The third-order valence-corrected chi connectivity index (χ3v) is 5.86. The van der Waals surface area contributed by atoms with Gasteiger partial charge in [-0.2, -0.15) is 5.10 Å². The van der Waals surface area contributed by atoms with Crippen molar-refractivity contribution in [2.24, 2.45) is 0 Å². The first kappa shape index (κ1) is 20.5. The number of pyridine rings is 1. The second-order valence-electron chi connectivity index (χ2n) is 7.46. The minimum Gasteiger partial charge on any atom is -0.349 e. The van der Waals surface area contributed by atoms with Gasteiger partial charge in [-0.1, -0.05) is 0 Å². The average molecular weight is 406 g/mol. The SMILES string of the molecule is Cc1cc(C)n(-c2ccc(C(=O)NC3CCN(CCS(C)(=O)=O)CC3)cn2)n1. The maximum Gasteiger partial charge on any atom is 0.253 e. The van der Waals surface area contributed by atoms with Crippen molar-refractivity contribution < 1.29 is 13.2 Å². The number of aromatic nitrogens is 3. The van der Waals surface area contributed by atoms with Crippen molar-refractivity contribution in [3.63, 3.8) is 0 Å². The average Bonchev–Trinajstić information content (AvgIpc) is 2.99. The molecule has 2 aromatic rings. The van der Waals surface area contributed by atoms with E-state index in [0.717, 1.165) is 37.3 Å². The summed E-state index contributed by atoms with van der Waals surface area (Å²) in [5, 5.41) is 7.45. The van der Waals surface area contributed by atoms with Gasteiger partial charge in [0, 0.05) is 43.8 Å². The molecule has 0 aromatic carbocycles. The lowest BCUT2D eigenvalue weighted by Gasteiger charge is -2.32. The van der Waals surface area contributed by atoms with Gasteiger partial charge in [0.1, 0.15) is 9.84 Å². The molecule has 1 amide bonds. The van der Waals surface area contributed by atoms with Crippen molar-refractivity contribution in [3.8, 4) is 5.82 Å². The minimum absolute atomic E-state index is 0.0951. The van der Waals surface area contributed by atoms with Gasteiger partial charge in [0.25, 0.3) is 5.91 Å². The number of aryl methyl sites for hydroxylation is 2. The van der Waals surface area contributed by atoms with Crippen molar-refractivity contribution in [1.29, 1.82) is 0 Å². The molecular formula is C19H27N5O3S. The van der Waals surface area contributed by atoms with E-state index < -0.39 is 9.84 Å². The Morgan fingerprint density at radius 3 is 2.50 bits per heavy atom. The number of nitrogens with one attached hydrogen (secondary N) is 1. The molecular weight excluding hydrogens is 378 g/mol. The van der Waals surface area contributed by atoms with Crippen LogP contribution in [0, 0.1) is 13.8 Å². The Balaban J connectivity index is 1.52. The molecule has 0 atom stereocenters. The van der Waals surface area contributed by atoms with Crippen LogP contribution in [-0.4, -0.2) is 71.7 Å². The topological polar surface area (TPSA) is 97.2 Å². The normalized spacial score (nSPS) is 16.2. The van der Waals surface area contributed by atoms with Crippen LogP contribution in [0.25, 0.3) is 5.82 Å². The first-order chi connectivity index (χ1) is 13.2. The van der Waals surface area contributed by atoms with Gasteiger partial charge in [-0.25, -0.2) is 18.1 Å². The lowest BCUT2D eigenvalue weighted by Crippen LogP contribution is -2.45.